The number of ether oxygens (including phenoxy) is 1. The first kappa shape index (κ1) is 18.7. The number of nitrogens with zero attached hydrogens (tertiary/aromatic N) is 4. The molecule has 0 bridgehead atoms. The lowest BCUT2D eigenvalue weighted by atomic mass is 10.2. The van der Waals surface area contributed by atoms with Crippen LogP contribution in [0.5, 0.6) is 11.6 Å². The van der Waals surface area contributed by atoms with Crippen LogP contribution in [-0.4, -0.2) is 25.8 Å². The van der Waals surface area contributed by atoms with Gasteiger partial charge in [-0.1, -0.05) is 25.1 Å². The minimum atomic E-state index is -0.689. The molecule has 1 aromatic carbocycles. The summed E-state index contributed by atoms with van der Waals surface area (Å²) in [5.74, 6) is -0.656. The number of carbonyl (C=O) groups excluding carboxylic acids is 1. The number of hydrogen-bond acceptors (Lipinski definition) is 8. The average Bonchev–Trinajstić information content (AvgIpc) is 2.73. The van der Waals surface area contributed by atoms with Crippen LogP contribution in [0.1, 0.15) is 23.0 Å². The van der Waals surface area contributed by atoms with Gasteiger partial charge >= 0.3 is 11.6 Å². The molecule has 0 saturated heterocycles. The lowest BCUT2D eigenvalue weighted by Crippen LogP contribution is -2.30. The molecule has 0 aliphatic rings. The molecule has 0 radical (unpaired) electrons. The van der Waals surface area contributed by atoms with E-state index < -0.39 is 16.5 Å². The number of nitrogens with one attached hydrogen (secondary N) is 2. The maximum absolute atomic E-state index is 12.1. The SMILES string of the molecule is CCc1ccc(Oc2ncnc(NNC(=O)c3ccccn3)c2[N+](=O)[O-])cc1. The molecule has 0 fully saturated rings. The molecular weight excluding hydrogens is 364 g/mol. The molecule has 142 valence electrons. The molecule has 10 heteroatoms. The topological polar surface area (TPSA) is 132 Å². The van der Waals surface area contributed by atoms with E-state index in [4.69, 9.17) is 4.74 Å². The van der Waals surface area contributed by atoms with E-state index in [0.29, 0.717) is 5.75 Å². The molecular formula is C18H16N6O4. The summed E-state index contributed by atoms with van der Waals surface area (Å²) >= 11 is 0. The van der Waals surface area contributed by atoms with Crippen LogP contribution < -0.4 is 15.6 Å². The fraction of sp³-hybridized carbons (Fsp3) is 0.111. The van der Waals surface area contributed by atoms with Gasteiger partial charge in [0.2, 0.25) is 5.82 Å². The predicted octanol–water partition coefficient (Wildman–Crippen LogP) is 2.89. The van der Waals surface area contributed by atoms with Crippen molar-refractivity contribution in [3.05, 3.63) is 76.4 Å². The third-order valence-electron chi connectivity index (χ3n) is 3.71. The van der Waals surface area contributed by atoms with Gasteiger partial charge in [0, 0.05) is 6.20 Å². The van der Waals surface area contributed by atoms with E-state index in [9.17, 15) is 14.9 Å². The van der Waals surface area contributed by atoms with Gasteiger partial charge in [-0.15, -0.1) is 0 Å². The highest BCUT2D eigenvalue weighted by Crippen LogP contribution is 2.33. The first-order valence-electron chi connectivity index (χ1n) is 8.32. The first-order chi connectivity index (χ1) is 13.6. The van der Waals surface area contributed by atoms with E-state index >= 15 is 0 Å². The second-order valence-electron chi connectivity index (χ2n) is 5.53. The molecule has 0 aliphatic carbocycles. The summed E-state index contributed by atoms with van der Waals surface area (Å²) in [6, 6.07) is 11.9. The molecule has 0 atom stereocenters. The van der Waals surface area contributed by atoms with Crippen LogP contribution in [0.25, 0.3) is 0 Å². The maximum atomic E-state index is 12.1. The van der Waals surface area contributed by atoms with Crippen molar-refractivity contribution in [2.24, 2.45) is 0 Å². The Morgan fingerprint density at radius 2 is 1.93 bits per heavy atom. The molecule has 3 rings (SSSR count). The van der Waals surface area contributed by atoms with Crippen LogP contribution in [0, 0.1) is 10.1 Å². The second kappa shape index (κ2) is 8.54. The standard InChI is InChI=1S/C18H16N6O4/c1-2-12-6-8-13(9-7-12)28-18-15(24(26)27)16(20-11-21-18)22-23-17(25)14-5-3-4-10-19-14/h3-11H,2H2,1H3,(H,23,25)(H,20,21,22). The molecule has 0 saturated carbocycles. The second-order valence-corrected chi connectivity index (χ2v) is 5.53. The maximum Gasteiger partial charge on any atom is 0.374 e. The number of aromatic nitrogens is 3. The van der Waals surface area contributed by atoms with Gasteiger partial charge in [0.1, 0.15) is 17.8 Å². The summed E-state index contributed by atoms with van der Waals surface area (Å²) in [7, 11) is 0. The van der Waals surface area contributed by atoms with Crippen molar-refractivity contribution in [2.45, 2.75) is 13.3 Å². The van der Waals surface area contributed by atoms with Crippen molar-refractivity contribution >= 4 is 17.4 Å². The number of carbonyl (C=O) groups is 1. The van der Waals surface area contributed by atoms with Crippen LogP contribution in [-0.2, 0) is 6.42 Å². The number of aryl methyl sites for hydroxylation is 1. The summed E-state index contributed by atoms with van der Waals surface area (Å²) in [6.45, 7) is 2.02. The van der Waals surface area contributed by atoms with E-state index in [-0.39, 0.29) is 17.4 Å². The molecule has 28 heavy (non-hydrogen) atoms. The Morgan fingerprint density at radius 3 is 2.57 bits per heavy atom. The highest BCUT2D eigenvalue weighted by Gasteiger charge is 2.25. The number of anilines is 1. The van der Waals surface area contributed by atoms with Crippen molar-refractivity contribution in [3.8, 4) is 11.6 Å². The lowest BCUT2D eigenvalue weighted by Gasteiger charge is -2.10. The Labute approximate surface area is 159 Å². The van der Waals surface area contributed by atoms with Gasteiger partial charge in [-0.2, -0.15) is 4.98 Å². The monoisotopic (exact) mass is 380 g/mol. The number of nitro groups is 1. The number of hydrazine groups is 1. The fourth-order valence-electron chi connectivity index (χ4n) is 2.28. The van der Waals surface area contributed by atoms with E-state index in [0.717, 1.165) is 18.3 Å². The smallest absolute Gasteiger partial charge is 0.374 e. The molecule has 2 N–H and O–H groups in total. The molecule has 1 amide bonds. The molecule has 10 nitrogen and oxygen atoms in total. The zero-order valence-electron chi connectivity index (χ0n) is 14.8. The van der Waals surface area contributed by atoms with Crippen molar-refractivity contribution < 1.29 is 14.5 Å². The quantitative estimate of drug-likeness (QED) is 0.472. The molecule has 0 aliphatic heterocycles. The zero-order valence-corrected chi connectivity index (χ0v) is 14.8. The summed E-state index contributed by atoms with van der Waals surface area (Å²) in [5, 5.41) is 11.5. The lowest BCUT2D eigenvalue weighted by molar-refractivity contribution is -0.385. The van der Waals surface area contributed by atoms with Gasteiger partial charge in [0.15, 0.2) is 0 Å². The van der Waals surface area contributed by atoms with Gasteiger partial charge in [0.25, 0.3) is 5.91 Å². The zero-order chi connectivity index (χ0) is 19.9. The van der Waals surface area contributed by atoms with Crippen LogP contribution in [0.15, 0.2) is 55.0 Å². The molecule has 0 spiro atoms. The normalized spacial score (nSPS) is 10.2. The molecule has 2 heterocycles. The number of pyridine rings is 1. The van der Waals surface area contributed by atoms with Crippen molar-refractivity contribution in [2.75, 3.05) is 5.43 Å². The summed E-state index contributed by atoms with van der Waals surface area (Å²) in [4.78, 5) is 34.4. The third-order valence-corrected chi connectivity index (χ3v) is 3.71. The van der Waals surface area contributed by atoms with Gasteiger partial charge in [-0.05, 0) is 36.2 Å². The Hall–Kier alpha value is -4.08. The number of hydrogen-bond donors (Lipinski definition) is 2. The Bertz CT molecular complexity index is 979. The Morgan fingerprint density at radius 1 is 1.14 bits per heavy atom. The minimum Gasteiger partial charge on any atom is -0.434 e. The summed E-state index contributed by atoms with van der Waals surface area (Å²) in [6.07, 6.45) is 3.41. The van der Waals surface area contributed by atoms with Crippen molar-refractivity contribution in [3.63, 3.8) is 0 Å². The van der Waals surface area contributed by atoms with Crippen LogP contribution in [0.2, 0.25) is 0 Å². The van der Waals surface area contributed by atoms with Gasteiger partial charge in [-0.25, -0.2) is 4.98 Å². The van der Waals surface area contributed by atoms with E-state index in [2.05, 4.69) is 25.8 Å². The van der Waals surface area contributed by atoms with Crippen LogP contribution >= 0.6 is 0 Å². The largest absolute Gasteiger partial charge is 0.434 e. The average molecular weight is 380 g/mol. The van der Waals surface area contributed by atoms with Crippen molar-refractivity contribution in [1.29, 1.82) is 0 Å². The minimum absolute atomic E-state index is 0.138. The van der Waals surface area contributed by atoms with E-state index in [1.807, 2.05) is 19.1 Å². The van der Waals surface area contributed by atoms with Gasteiger partial charge in [0.05, 0.1) is 4.92 Å². The fourth-order valence-corrected chi connectivity index (χ4v) is 2.28. The first-order valence-corrected chi connectivity index (χ1v) is 8.32. The molecule has 0 unspecified atom stereocenters. The highest BCUT2D eigenvalue weighted by atomic mass is 16.6. The Balaban J connectivity index is 1.80. The van der Waals surface area contributed by atoms with E-state index in [1.165, 1.54) is 12.3 Å². The van der Waals surface area contributed by atoms with Crippen molar-refractivity contribution in [1.82, 2.24) is 20.4 Å². The third kappa shape index (κ3) is 4.36. The number of benzene rings is 1. The summed E-state index contributed by atoms with van der Waals surface area (Å²) < 4.78 is 5.54. The molecule has 2 aromatic heterocycles. The van der Waals surface area contributed by atoms with Crippen LogP contribution in [0.3, 0.4) is 0 Å². The van der Waals surface area contributed by atoms with Gasteiger partial charge in [-0.3, -0.25) is 30.7 Å². The number of amides is 1. The predicted molar refractivity (Wildman–Crippen MR) is 99.9 cm³/mol. The highest BCUT2D eigenvalue weighted by molar-refractivity contribution is 5.93. The Kier molecular flexibility index (Phi) is 5.70. The molecule has 3 aromatic rings. The van der Waals surface area contributed by atoms with Gasteiger partial charge < -0.3 is 4.74 Å². The number of rotatable bonds is 7. The van der Waals surface area contributed by atoms with E-state index in [1.54, 1.807) is 24.3 Å². The summed E-state index contributed by atoms with van der Waals surface area (Å²) in [5.41, 5.74) is 5.47. The van der Waals surface area contributed by atoms with Crippen LogP contribution in [0.4, 0.5) is 11.5 Å².